The molecule has 1 aromatic carbocycles. The highest BCUT2D eigenvalue weighted by molar-refractivity contribution is 5.87. The lowest BCUT2D eigenvalue weighted by Gasteiger charge is -2.16. The molecule has 0 fully saturated rings. The molecule has 0 radical (unpaired) electrons. The van der Waals surface area contributed by atoms with Gasteiger partial charge in [-0.25, -0.2) is 9.37 Å². The number of nitrogen functional groups attached to an aromatic ring is 1. The van der Waals surface area contributed by atoms with Gasteiger partial charge in [-0.2, -0.15) is 4.98 Å². The zero-order valence-electron chi connectivity index (χ0n) is 14.0. The van der Waals surface area contributed by atoms with Crippen molar-refractivity contribution < 1.29 is 4.39 Å². The quantitative estimate of drug-likeness (QED) is 0.722. The Morgan fingerprint density at radius 3 is 2.79 bits per heavy atom. The molecule has 2 heterocycles. The van der Waals surface area contributed by atoms with Crippen LogP contribution in [0.2, 0.25) is 0 Å². The van der Waals surface area contributed by atoms with Crippen molar-refractivity contribution in [2.24, 2.45) is 0 Å². The largest absolute Gasteiger partial charge is 0.368 e. The summed E-state index contributed by atoms with van der Waals surface area (Å²) in [5, 5.41) is 3.41. The van der Waals surface area contributed by atoms with Crippen LogP contribution in [0.1, 0.15) is 32.3 Å². The van der Waals surface area contributed by atoms with Crippen molar-refractivity contribution in [3.05, 3.63) is 47.9 Å². The van der Waals surface area contributed by atoms with Gasteiger partial charge < -0.3 is 15.6 Å². The molecule has 3 rings (SSSR count). The van der Waals surface area contributed by atoms with Crippen LogP contribution < -0.4 is 11.1 Å². The first-order valence-corrected chi connectivity index (χ1v) is 8.20. The number of rotatable bonds is 6. The van der Waals surface area contributed by atoms with Gasteiger partial charge in [-0.3, -0.25) is 0 Å². The molecule has 0 bridgehead atoms. The number of nitrogens with two attached hydrogens (primary N) is 1. The fourth-order valence-corrected chi connectivity index (χ4v) is 2.91. The Kier molecular flexibility index (Phi) is 4.64. The topological polar surface area (TPSA) is 68.8 Å². The number of hydrogen-bond donors (Lipinski definition) is 2. The first-order valence-electron chi connectivity index (χ1n) is 8.20. The number of aromatic nitrogens is 3. The highest BCUT2D eigenvalue weighted by atomic mass is 19.1. The standard InChI is InChI=1S/C18H22FN5/c1-3-6-12(2)21-17-16-15(22-18(20)23-17)9-10-24(16)11-13-7-4-5-8-14(13)19/h4-5,7-10,12H,3,6,11H2,1-2H3,(H3,20,21,22,23). The zero-order valence-corrected chi connectivity index (χ0v) is 14.0. The van der Waals surface area contributed by atoms with E-state index in [1.54, 1.807) is 12.1 Å². The Bertz CT molecular complexity index is 843. The van der Waals surface area contributed by atoms with Gasteiger partial charge >= 0.3 is 0 Å². The first-order chi connectivity index (χ1) is 11.6. The molecule has 3 aromatic rings. The molecule has 5 nitrogen and oxygen atoms in total. The van der Waals surface area contributed by atoms with Crippen molar-refractivity contribution in [2.75, 3.05) is 11.1 Å². The van der Waals surface area contributed by atoms with Crippen LogP contribution in [0.3, 0.4) is 0 Å². The molecule has 0 amide bonds. The molecule has 0 aliphatic heterocycles. The molecular weight excluding hydrogens is 305 g/mol. The molecule has 2 aromatic heterocycles. The monoisotopic (exact) mass is 327 g/mol. The minimum atomic E-state index is -0.218. The van der Waals surface area contributed by atoms with Crippen LogP contribution in [0.4, 0.5) is 16.2 Å². The Morgan fingerprint density at radius 2 is 2.04 bits per heavy atom. The zero-order chi connectivity index (χ0) is 17.1. The molecule has 6 heteroatoms. The molecule has 1 atom stereocenters. The fourth-order valence-electron chi connectivity index (χ4n) is 2.91. The van der Waals surface area contributed by atoms with Crippen LogP contribution in [0.15, 0.2) is 36.5 Å². The summed E-state index contributed by atoms with van der Waals surface area (Å²) in [6.07, 6.45) is 3.99. The second-order valence-electron chi connectivity index (χ2n) is 6.03. The van der Waals surface area contributed by atoms with Gasteiger partial charge in [0, 0.05) is 17.8 Å². The van der Waals surface area contributed by atoms with Crippen LogP contribution in [-0.2, 0) is 6.54 Å². The van der Waals surface area contributed by atoms with E-state index in [2.05, 4.69) is 29.1 Å². The van der Waals surface area contributed by atoms with Gasteiger partial charge in [-0.1, -0.05) is 31.5 Å². The van der Waals surface area contributed by atoms with E-state index in [9.17, 15) is 4.39 Å². The third kappa shape index (κ3) is 3.32. The van der Waals surface area contributed by atoms with Crippen LogP contribution in [0, 0.1) is 5.82 Å². The van der Waals surface area contributed by atoms with Crippen molar-refractivity contribution >= 4 is 22.8 Å². The minimum Gasteiger partial charge on any atom is -0.368 e. The highest BCUT2D eigenvalue weighted by Crippen LogP contribution is 2.25. The number of hydrogen-bond acceptors (Lipinski definition) is 4. The lowest BCUT2D eigenvalue weighted by atomic mass is 10.2. The number of nitrogens with zero attached hydrogens (tertiary/aromatic N) is 3. The molecule has 126 valence electrons. The van der Waals surface area contributed by atoms with Gasteiger partial charge in [0.05, 0.1) is 12.1 Å². The maximum absolute atomic E-state index is 14.0. The van der Waals surface area contributed by atoms with E-state index in [1.807, 2.05) is 22.9 Å². The molecule has 0 aliphatic carbocycles. The average Bonchev–Trinajstić information content (AvgIpc) is 2.92. The summed E-state index contributed by atoms with van der Waals surface area (Å²) in [6.45, 7) is 4.67. The van der Waals surface area contributed by atoms with Gasteiger partial charge in [0.25, 0.3) is 0 Å². The van der Waals surface area contributed by atoms with E-state index in [0.717, 1.165) is 23.9 Å². The summed E-state index contributed by atoms with van der Waals surface area (Å²) in [4.78, 5) is 8.65. The maximum Gasteiger partial charge on any atom is 0.222 e. The van der Waals surface area contributed by atoms with Crippen molar-refractivity contribution in [3.63, 3.8) is 0 Å². The van der Waals surface area contributed by atoms with Crippen molar-refractivity contribution in [2.45, 2.75) is 39.3 Å². The average molecular weight is 327 g/mol. The molecule has 3 N–H and O–H groups in total. The van der Waals surface area contributed by atoms with Crippen molar-refractivity contribution in [3.8, 4) is 0 Å². The molecule has 0 spiro atoms. The Balaban J connectivity index is 2.01. The third-order valence-electron chi connectivity index (χ3n) is 4.03. The predicted molar refractivity (Wildman–Crippen MR) is 95.4 cm³/mol. The van der Waals surface area contributed by atoms with Gasteiger partial charge in [-0.15, -0.1) is 0 Å². The Morgan fingerprint density at radius 1 is 1.25 bits per heavy atom. The van der Waals surface area contributed by atoms with E-state index < -0.39 is 0 Å². The van der Waals surface area contributed by atoms with Gasteiger partial charge in [0.1, 0.15) is 11.3 Å². The highest BCUT2D eigenvalue weighted by Gasteiger charge is 2.14. The van der Waals surface area contributed by atoms with Gasteiger partial charge in [0.2, 0.25) is 5.95 Å². The fraction of sp³-hybridized carbons (Fsp3) is 0.333. The second kappa shape index (κ2) is 6.86. The number of fused-ring (bicyclic) bond motifs is 1. The van der Waals surface area contributed by atoms with Crippen LogP contribution >= 0.6 is 0 Å². The van der Waals surface area contributed by atoms with Crippen LogP contribution in [0.5, 0.6) is 0 Å². The molecular formula is C18H22FN5. The summed E-state index contributed by atoms with van der Waals surface area (Å²) in [5.74, 6) is 0.710. The number of halogens is 1. The van der Waals surface area contributed by atoms with E-state index in [-0.39, 0.29) is 17.8 Å². The second-order valence-corrected chi connectivity index (χ2v) is 6.03. The summed E-state index contributed by atoms with van der Waals surface area (Å²) in [6, 6.07) is 8.93. The Hall–Kier alpha value is -2.63. The summed E-state index contributed by atoms with van der Waals surface area (Å²) < 4.78 is 15.9. The van der Waals surface area contributed by atoms with Crippen LogP contribution in [0.25, 0.3) is 11.0 Å². The minimum absolute atomic E-state index is 0.218. The Labute approximate surface area is 140 Å². The van der Waals surface area contributed by atoms with Gasteiger partial charge in [0.15, 0.2) is 5.82 Å². The summed E-state index contributed by atoms with van der Waals surface area (Å²) in [7, 11) is 0. The molecule has 0 aliphatic rings. The molecule has 0 saturated heterocycles. The maximum atomic E-state index is 14.0. The van der Waals surface area contributed by atoms with E-state index in [1.165, 1.54) is 6.07 Å². The number of nitrogens with one attached hydrogen (secondary N) is 1. The summed E-state index contributed by atoms with van der Waals surface area (Å²) >= 11 is 0. The van der Waals surface area contributed by atoms with E-state index in [4.69, 9.17) is 5.73 Å². The van der Waals surface area contributed by atoms with Gasteiger partial charge in [-0.05, 0) is 25.5 Å². The normalized spacial score (nSPS) is 12.5. The lowest BCUT2D eigenvalue weighted by molar-refractivity contribution is 0.602. The molecule has 0 saturated carbocycles. The lowest BCUT2D eigenvalue weighted by Crippen LogP contribution is -2.17. The SMILES string of the molecule is CCCC(C)Nc1nc(N)nc2ccn(Cc3ccccc3F)c12. The smallest absolute Gasteiger partial charge is 0.222 e. The number of anilines is 2. The van der Waals surface area contributed by atoms with Crippen molar-refractivity contribution in [1.82, 2.24) is 14.5 Å². The predicted octanol–water partition coefficient (Wildman–Crippen LogP) is 3.80. The van der Waals surface area contributed by atoms with E-state index >= 15 is 0 Å². The van der Waals surface area contributed by atoms with Crippen molar-refractivity contribution in [1.29, 1.82) is 0 Å². The summed E-state index contributed by atoms with van der Waals surface area (Å²) in [5.41, 5.74) is 8.05. The number of benzene rings is 1. The molecule has 1 unspecified atom stereocenters. The van der Waals surface area contributed by atoms with Crippen LogP contribution in [-0.4, -0.2) is 20.6 Å². The molecule has 24 heavy (non-hydrogen) atoms. The van der Waals surface area contributed by atoms with E-state index in [0.29, 0.717) is 17.9 Å². The first kappa shape index (κ1) is 16.2. The third-order valence-corrected chi connectivity index (χ3v) is 4.03.